The summed E-state index contributed by atoms with van der Waals surface area (Å²) in [7, 11) is 0. The zero-order valence-corrected chi connectivity index (χ0v) is 7.40. The van der Waals surface area contributed by atoms with Crippen molar-refractivity contribution in [2.45, 2.75) is 25.9 Å². The summed E-state index contributed by atoms with van der Waals surface area (Å²) in [6.45, 7) is 3.18. The minimum absolute atomic E-state index is 0.329. The van der Waals surface area contributed by atoms with Crippen molar-refractivity contribution < 1.29 is 0 Å². The van der Waals surface area contributed by atoms with Crippen molar-refractivity contribution in [2.24, 2.45) is 4.99 Å². The highest BCUT2D eigenvalue weighted by molar-refractivity contribution is 5.63. The van der Waals surface area contributed by atoms with E-state index in [0.29, 0.717) is 6.17 Å². The summed E-state index contributed by atoms with van der Waals surface area (Å²) >= 11 is 0. The molecule has 0 saturated carbocycles. The molecule has 2 aliphatic heterocycles. The summed E-state index contributed by atoms with van der Waals surface area (Å²) in [6, 6.07) is 0. The zero-order valence-electron chi connectivity index (χ0n) is 7.40. The smallest absolute Gasteiger partial charge is 0.142 e. The standard InChI is InChI=1S/C10H14N2/c1-2-4-9-5-3-7-12-8-6-11-10(9)12/h3,5-7,10H,2,4,8H2,1H3. The van der Waals surface area contributed by atoms with Gasteiger partial charge in [0.15, 0.2) is 0 Å². The molecule has 2 nitrogen and oxygen atoms in total. The van der Waals surface area contributed by atoms with Gasteiger partial charge in [-0.25, -0.2) is 0 Å². The summed E-state index contributed by atoms with van der Waals surface area (Å²) in [5.74, 6) is 0. The van der Waals surface area contributed by atoms with Crippen LogP contribution in [0.1, 0.15) is 19.8 Å². The fraction of sp³-hybridized carbons (Fsp3) is 0.500. The third-order valence-electron chi connectivity index (χ3n) is 2.31. The molecule has 0 radical (unpaired) electrons. The fourth-order valence-corrected chi connectivity index (χ4v) is 1.74. The summed E-state index contributed by atoms with van der Waals surface area (Å²) in [5.41, 5.74) is 1.45. The SMILES string of the molecule is CCCC1=CC=CN2CC=NC12. The maximum atomic E-state index is 4.44. The van der Waals surface area contributed by atoms with Crippen molar-refractivity contribution >= 4 is 6.21 Å². The van der Waals surface area contributed by atoms with E-state index in [-0.39, 0.29) is 0 Å². The van der Waals surface area contributed by atoms with Gasteiger partial charge >= 0.3 is 0 Å². The van der Waals surface area contributed by atoms with Gasteiger partial charge in [0.05, 0.1) is 6.54 Å². The van der Waals surface area contributed by atoms with Crippen molar-refractivity contribution in [3.8, 4) is 0 Å². The van der Waals surface area contributed by atoms with Crippen LogP contribution in [0.4, 0.5) is 0 Å². The molecule has 2 heterocycles. The van der Waals surface area contributed by atoms with Gasteiger partial charge < -0.3 is 4.90 Å². The third kappa shape index (κ3) is 1.17. The second kappa shape index (κ2) is 3.13. The van der Waals surface area contributed by atoms with E-state index in [2.05, 4.69) is 35.2 Å². The molecule has 0 aliphatic carbocycles. The van der Waals surface area contributed by atoms with Crippen molar-refractivity contribution in [2.75, 3.05) is 6.54 Å². The van der Waals surface area contributed by atoms with Crippen LogP contribution in [-0.2, 0) is 0 Å². The van der Waals surface area contributed by atoms with Gasteiger partial charge in [-0.15, -0.1) is 0 Å². The second-order valence-corrected chi connectivity index (χ2v) is 3.24. The molecule has 2 rings (SSSR count). The Kier molecular flexibility index (Phi) is 1.98. The highest BCUT2D eigenvalue weighted by Gasteiger charge is 2.22. The van der Waals surface area contributed by atoms with E-state index < -0.39 is 0 Å². The number of rotatable bonds is 2. The Balaban J connectivity index is 2.15. The number of hydrogen-bond donors (Lipinski definition) is 0. The largest absolute Gasteiger partial charge is 0.347 e. The fourth-order valence-electron chi connectivity index (χ4n) is 1.74. The lowest BCUT2D eigenvalue weighted by Crippen LogP contribution is -2.28. The quantitative estimate of drug-likeness (QED) is 0.606. The summed E-state index contributed by atoms with van der Waals surface area (Å²) < 4.78 is 0. The molecule has 0 bridgehead atoms. The highest BCUT2D eigenvalue weighted by atomic mass is 15.3. The molecule has 2 aliphatic rings. The van der Waals surface area contributed by atoms with Crippen LogP contribution in [0.25, 0.3) is 0 Å². The Bertz CT molecular complexity index is 251. The van der Waals surface area contributed by atoms with Crippen LogP contribution in [-0.4, -0.2) is 23.8 Å². The average molecular weight is 162 g/mol. The maximum absolute atomic E-state index is 4.44. The van der Waals surface area contributed by atoms with Crippen LogP contribution in [0.2, 0.25) is 0 Å². The predicted molar refractivity (Wildman–Crippen MR) is 51.1 cm³/mol. The molecule has 0 spiro atoms. The molecule has 12 heavy (non-hydrogen) atoms. The summed E-state index contributed by atoms with van der Waals surface area (Å²) in [6.07, 6.45) is 11.2. The lowest BCUT2D eigenvalue weighted by Gasteiger charge is -2.26. The average Bonchev–Trinajstić information content (AvgIpc) is 2.53. The predicted octanol–water partition coefficient (Wildman–Crippen LogP) is 1.95. The lowest BCUT2D eigenvalue weighted by atomic mass is 10.1. The van der Waals surface area contributed by atoms with E-state index in [1.807, 2.05) is 6.21 Å². The van der Waals surface area contributed by atoms with Crippen molar-refractivity contribution in [1.29, 1.82) is 0 Å². The van der Waals surface area contributed by atoms with Crippen LogP contribution in [0.3, 0.4) is 0 Å². The first kappa shape index (κ1) is 7.59. The van der Waals surface area contributed by atoms with Gasteiger partial charge in [-0.05, 0) is 18.1 Å². The van der Waals surface area contributed by atoms with Gasteiger partial charge in [-0.1, -0.05) is 19.4 Å². The Hall–Kier alpha value is -1.05. The summed E-state index contributed by atoms with van der Waals surface area (Å²) in [5, 5.41) is 0. The third-order valence-corrected chi connectivity index (χ3v) is 2.31. The van der Waals surface area contributed by atoms with Gasteiger partial charge in [0.1, 0.15) is 6.17 Å². The number of aliphatic imine (C=N–C) groups is 1. The summed E-state index contributed by atoms with van der Waals surface area (Å²) in [4.78, 5) is 6.71. The highest BCUT2D eigenvalue weighted by Crippen LogP contribution is 2.23. The molecule has 0 aromatic heterocycles. The van der Waals surface area contributed by atoms with E-state index >= 15 is 0 Å². The van der Waals surface area contributed by atoms with Crippen LogP contribution >= 0.6 is 0 Å². The minimum atomic E-state index is 0.329. The molecule has 0 saturated heterocycles. The molecule has 0 N–H and O–H groups in total. The van der Waals surface area contributed by atoms with E-state index in [0.717, 1.165) is 6.54 Å². The first-order valence-electron chi connectivity index (χ1n) is 4.56. The van der Waals surface area contributed by atoms with Crippen molar-refractivity contribution in [3.63, 3.8) is 0 Å². The van der Waals surface area contributed by atoms with E-state index in [1.165, 1.54) is 18.4 Å². The first-order valence-corrected chi connectivity index (χ1v) is 4.56. The van der Waals surface area contributed by atoms with Crippen molar-refractivity contribution in [1.82, 2.24) is 4.90 Å². The minimum Gasteiger partial charge on any atom is -0.347 e. The normalized spacial score (nSPS) is 25.9. The first-order chi connectivity index (χ1) is 5.92. The van der Waals surface area contributed by atoms with Crippen LogP contribution in [0.15, 0.2) is 28.9 Å². The number of fused-ring (bicyclic) bond motifs is 1. The van der Waals surface area contributed by atoms with Gasteiger partial charge in [-0.2, -0.15) is 0 Å². The Labute approximate surface area is 73.3 Å². The van der Waals surface area contributed by atoms with E-state index in [4.69, 9.17) is 0 Å². The number of allylic oxidation sites excluding steroid dienone is 2. The van der Waals surface area contributed by atoms with Gasteiger partial charge in [0.25, 0.3) is 0 Å². The Morgan fingerprint density at radius 3 is 3.42 bits per heavy atom. The topological polar surface area (TPSA) is 15.6 Å². The van der Waals surface area contributed by atoms with Gasteiger partial charge in [-0.3, -0.25) is 4.99 Å². The molecular formula is C10H14N2. The Morgan fingerprint density at radius 1 is 1.67 bits per heavy atom. The molecule has 2 heteroatoms. The lowest BCUT2D eigenvalue weighted by molar-refractivity contribution is 0.371. The van der Waals surface area contributed by atoms with Crippen LogP contribution in [0.5, 0.6) is 0 Å². The van der Waals surface area contributed by atoms with E-state index in [1.54, 1.807) is 0 Å². The molecule has 0 aromatic rings. The zero-order chi connectivity index (χ0) is 8.39. The maximum Gasteiger partial charge on any atom is 0.142 e. The molecular weight excluding hydrogens is 148 g/mol. The van der Waals surface area contributed by atoms with Crippen LogP contribution < -0.4 is 0 Å². The molecule has 64 valence electrons. The molecule has 0 amide bonds. The Morgan fingerprint density at radius 2 is 2.58 bits per heavy atom. The second-order valence-electron chi connectivity index (χ2n) is 3.24. The van der Waals surface area contributed by atoms with Gasteiger partial charge in [0, 0.05) is 12.4 Å². The van der Waals surface area contributed by atoms with Gasteiger partial charge in [0.2, 0.25) is 0 Å². The monoisotopic (exact) mass is 162 g/mol. The number of hydrogen-bond acceptors (Lipinski definition) is 2. The molecule has 0 aromatic carbocycles. The molecule has 1 atom stereocenters. The molecule has 0 fully saturated rings. The van der Waals surface area contributed by atoms with E-state index in [9.17, 15) is 0 Å². The number of nitrogens with zero attached hydrogens (tertiary/aromatic N) is 2. The van der Waals surface area contributed by atoms with Crippen LogP contribution in [0, 0.1) is 0 Å². The van der Waals surface area contributed by atoms with Crippen molar-refractivity contribution in [3.05, 3.63) is 23.9 Å². The molecule has 1 unspecified atom stereocenters.